The minimum absolute atomic E-state index is 0.0335. The molecular formula is C15H13ClFN3O2. The Hall–Kier alpha value is -2.39. The molecule has 114 valence electrons. The molecule has 0 aliphatic carbocycles. The second-order valence-corrected chi connectivity index (χ2v) is 5.00. The van der Waals surface area contributed by atoms with Crippen molar-refractivity contribution < 1.29 is 13.9 Å². The lowest BCUT2D eigenvalue weighted by Gasteiger charge is -2.08. The van der Waals surface area contributed by atoms with Crippen molar-refractivity contribution in [3.05, 3.63) is 39.8 Å². The Morgan fingerprint density at radius 3 is 2.77 bits per heavy atom. The van der Waals surface area contributed by atoms with E-state index in [9.17, 15) is 9.18 Å². The summed E-state index contributed by atoms with van der Waals surface area (Å²) in [5.41, 5.74) is 1.30. The molecule has 0 saturated carbocycles. The number of nitrogens with zero attached hydrogens (tertiary/aromatic N) is 3. The maximum Gasteiger partial charge on any atom is 0.339 e. The molecule has 0 spiro atoms. The van der Waals surface area contributed by atoms with Gasteiger partial charge in [-0.2, -0.15) is 10.4 Å². The van der Waals surface area contributed by atoms with E-state index in [0.717, 1.165) is 6.07 Å². The SMILES string of the molecule is CCOC(=O)c1cc(-c2nn(C)c(C#N)c2C)c(F)cc1Cl. The second kappa shape index (κ2) is 6.16. The Labute approximate surface area is 131 Å². The van der Waals surface area contributed by atoms with Crippen molar-refractivity contribution >= 4 is 17.6 Å². The number of hydrogen-bond donors (Lipinski definition) is 0. The van der Waals surface area contributed by atoms with Crippen LogP contribution in [0.5, 0.6) is 0 Å². The Morgan fingerprint density at radius 1 is 1.55 bits per heavy atom. The van der Waals surface area contributed by atoms with Crippen molar-refractivity contribution in [2.45, 2.75) is 13.8 Å². The summed E-state index contributed by atoms with van der Waals surface area (Å²) in [5, 5.41) is 13.2. The Balaban J connectivity index is 2.64. The number of nitriles is 1. The lowest BCUT2D eigenvalue weighted by atomic mass is 10.0. The molecule has 1 aromatic heterocycles. The van der Waals surface area contributed by atoms with Gasteiger partial charge in [0, 0.05) is 18.2 Å². The van der Waals surface area contributed by atoms with Crippen molar-refractivity contribution in [1.29, 1.82) is 5.26 Å². The smallest absolute Gasteiger partial charge is 0.339 e. The topological polar surface area (TPSA) is 67.9 Å². The Bertz CT molecular complexity index is 793. The largest absolute Gasteiger partial charge is 0.462 e. The fourth-order valence-corrected chi connectivity index (χ4v) is 2.37. The molecule has 1 aromatic carbocycles. The molecule has 0 bridgehead atoms. The molecular weight excluding hydrogens is 309 g/mol. The van der Waals surface area contributed by atoms with Gasteiger partial charge < -0.3 is 4.74 Å². The molecule has 2 aromatic rings. The van der Waals surface area contributed by atoms with E-state index in [1.54, 1.807) is 20.9 Å². The highest BCUT2D eigenvalue weighted by molar-refractivity contribution is 6.33. The number of carbonyl (C=O) groups is 1. The summed E-state index contributed by atoms with van der Waals surface area (Å²) in [4.78, 5) is 11.9. The summed E-state index contributed by atoms with van der Waals surface area (Å²) in [6.45, 7) is 3.51. The first kappa shape index (κ1) is 16.0. The summed E-state index contributed by atoms with van der Waals surface area (Å²) < 4.78 is 20.5. The highest BCUT2D eigenvalue weighted by Crippen LogP contribution is 2.31. The van der Waals surface area contributed by atoms with Gasteiger partial charge in [-0.15, -0.1) is 0 Å². The third kappa shape index (κ3) is 2.68. The van der Waals surface area contributed by atoms with E-state index in [1.165, 1.54) is 10.7 Å². The van der Waals surface area contributed by atoms with Gasteiger partial charge >= 0.3 is 5.97 Å². The quantitative estimate of drug-likeness (QED) is 0.814. The van der Waals surface area contributed by atoms with Crippen LogP contribution in [0.15, 0.2) is 12.1 Å². The minimum Gasteiger partial charge on any atom is -0.462 e. The molecule has 0 atom stereocenters. The molecule has 0 aliphatic rings. The summed E-state index contributed by atoms with van der Waals surface area (Å²) in [7, 11) is 1.59. The normalized spacial score (nSPS) is 10.4. The number of ether oxygens (including phenoxy) is 1. The fourth-order valence-electron chi connectivity index (χ4n) is 2.14. The molecule has 0 N–H and O–H groups in total. The van der Waals surface area contributed by atoms with E-state index < -0.39 is 11.8 Å². The molecule has 0 unspecified atom stereocenters. The number of halogens is 2. The van der Waals surface area contributed by atoms with Crippen LogP contribution < -0.4 is 0 Å². The molecule has 0 radical (unpaired) electrons. The van der Waals surface area contributed by atoms with Gasteiger partial charge in [-0.3, -0.25) is 4.68 Å². The first-order chi connectivity index (χ1) is 10.4. The van der Waals surface area contributed by atoms with Crippen LogP contribution in [-0.4, -0.2) is 22.4 Å². The minimum atomic E-state index is -0.636. The maximum absolute atomic E-state index is 14.2. The van der Waals surface area contributed by atoms with Crippen LogP contribution in [0, 0.1) is 24.1 Å². The number of aromatic nitrogens is 2. The molecule has 7 heteroatoms. The zero-order valence-corrected chi connectivity index (χ0v) is 13.0. The van der Waals surface area contributed by atoms with E-state index in [2.05, 4.69) is 5.10 Å². The second-order valence-electron chi connectivity index (χ2n) is 4.59. The predicted octanol–water partition coefficient (Wildman–Crippen LogP) is 3.24. The number of hydrogen-bond acceptors (Lipinski definition) is 4. The van der Waals surface area contributed by atoms with Gasteiger partial charge in [0.25, 0.3) is 0 Å². The van der Waals surface area contributed by atoms with E-state index in [1.807, 2.05) is 6.07 Å². The standard InChI is InChI=1S/C15H13ClFN3O2/c1-4-22-15(21)9-5-10(12(17)6-11(9)16)14-8(2)13(7-18)20(3)19-14/h5-6H,4H2,1-3H3. The summed E-state index contributed by atoms with van der Waals surface area (Å²) in [5.74, 6) is -1.26. The van der Waals surface area contributed by atoms with Crippen LogP contribution in [0.2, 0.25) is 5.02 Å². The van der Waals surface area contributed by atoms with Crippen molar-refractivity contribution in [2.24, 2.45) is 7.05 Å². The highest BCUT2D eigenvalue weighted by atomic mass is 35.5. The third-order valence-electron chi connectivity index (χ3n) is 3.20. The highest BCUT2D eigenvalue weighted by Gasteiger charge is 2.21. The molecule has 5 nitrogen and oxygen atoms in total. The van der Waals surface area contributed by atoms with E-state index in [0.29, 0.717) is 17.0 Å². The van der Waals surface area contributed by atoms with Crippen molar-refractivity contribution in [3.63, 3.8) is 0 Å². The van der Waals surface area contributed by atoms with Crippen molar-refractivity contribution in [1.82, 2.24) is 9.78 Å². The zero-order valence-electron chi connectivity index (χ0n) is 12.3. The lowest BCUT2D eigenvalue weighted by Crippen LogP contribution is -2.06. The molecule has 2 rings (SSSR count). The van der Waals surface area contributed by atoms with Gasteiger partial charge in [0.05, 0.1) is 22.9 Å². The zero-order chi connectivity index (χ0) is 16.4. The van der Waals surface area contributed by atoms with Gasteiger partial charge in [-0.05, 0) is 26.0 Å². The van der Waals surface area contributed by atoms with Crippen LogP contribution in [-0.2, 0) is 11.8 Å². The Morgan fingerprint density at radius 2 is 2.23 bits per heavy atom. The predicted molar refractivity (Wildman–Crippen MR) is 79.0 cm³/mol. The van der Waals surface area contributed by atoms with Crippen LogP contribution in [0.3, 0.4) is 0 Å². The van der Waals surface area contributed by atoms with Gasteiger partial charge in [0.2, 0.25) is 0 Å². The third-order valence-corrected chi connectivity index (χ3v) is 3.51. The monoisotopic (exact) mass is 321 g/mol. The average molecular weight is 322 g/mol. The first-order valence-electron chi connectivity index (χ1n) is 6.50. The number of benzene rings is 1. The number of aryl methyl sites for hydroxylation is 1. The van der Waals surface area contributed by atoms with Crippen LogP contribution in [0.25, 0.3) is 11.3 Å². The fraction of sp³-hybridized carbons (Fsp3) is 0.267. The van der Waals surface area contributed by atoms with E-state index >= 15 is 0 Å². The van der Waals surface area contributed by atoms with E-state index in [-0.39, 0.29) is 22.8 Å². The molecule has 0 fully saturated rings. The summed E-state index contributed by atoms with van der Waals surface area (Å²) >= 11 is 5.90. The summed E-state index contributed by atoms with van der Waals surface area (Å²) in [6, 6.07) is 4.35. The van der Waals surface area contributed by atoms with Crippen LogP contribution >= 0.6 is 11.6 Å². The average Bonchev–Trinajstić information content (AvgIpc) is 2.73. The van der Waals surface area contributed by atoms with E-state index in [4.69, 9.17) is 21.6 Å². The molecule has 0 amide bonds. The van der Waals surface area contributed by atoms with Crippen LogP contribution in [0.1, 0.15) is 28.5 Å². The maximum atomic E-state index is 14.2. The molecule has 1 heterocycles. The van der Waals surface area contributed by atoms with Gasteiger partial charge in [0.1, 0.15) is 17.6 Å². The number of rotatable bonds is 3. The number of esters is 1. The molecule has 0 saturated heterocycles. The molecule has 22 heavy (non-hydrogen) atoms. The number of carbonyl (C=O) groups excluding carboxylic acids is 1. The molecule has 0 aliphatic heterocycles. The van der Waals surface area contributed by atoms with Gasteiger partial charge in [0.15, 0.2) is 0 Å². The van der Waals surface area contributed by atoms with Crippen LogP contribution in [0.4, 0.5) is 4.39 Å². The van der Waals surface area contributed by atoms with Crippen molar-refractivity contribution in [3.8, 4) is 17.3 Å². The van der Waals surface area contributed by atoms with Gasteiger partial charge in [-0.25, -0.2) is 9.18 Å². The lowest BCUT2D eigenvalue weighted by molar-refractivity contribution is 0.0526. The Kier molecular flexibility index (Phi) is 4.48. The summed E-state index contributed by atoms with van der Waals surface area (Å²) in [6.07, 6.45) is 0. The first-order valence-corrected chi connectivity index (χ1v) is 6.88. The van der Waals surface area contributed by atoms with Crippen molar-refractivity contribution in [2.75, 3.05) is 6.61 Å². The van der Waals surface area contributed by atoms with Gasteiger partial charge in [-0.1, -0.05) is 11.6 Å².